The minimum absolute atomic E-state index is 0.137. The molecular formula is C12H18FNO2. The van der Waals surface area contributed by atoms with Crippen LogP contribution in [0.5, 0.6) is 5.75 Å². The van der Waals surface area contributed by atoms with Crippen LogP contribution in [0.2, 0.25) is 0 Å². The standard InChI is InChI=1S/C12H18FNO2/c1-7(2)16-12-9(11(14)6-15)4-8(3)5-10(12)13/h4-5,7,11,15H,6,14H2,1-3H3. The van der Waals surface area contributed by atoms with Crippen LogP contribution in [0.25, 0.3) is 0 Å². The highest BCUT2D eigenvalue weighted by Crippen LogP contribution is 2.29. The Labute approximate surface area is 95.0 Å². The minimum Gasteiger partial charge on any atom is -0.488 e. The first-order chi connectivity index (χ1) is 7.45. The first-order valence-electron chi connectivity index (χ1n) is 5.28. The zero-order valence-electron chi connectivity index (χ0n) is 9.83. The molecule has 0 aliphatic heterocycles. The summed E-state index contributed by atoms with van der Waals surface area (Å²) in [4.78, 5) is 0. The van der Waals surface area contributed by atoms with E-state index in [1.54, 1.807) is 13.0 Å². The predicted molar refractivity (Wildman–Crippen MR) is 60.9 cm³/mol. The molecule has 0 heterocycles. The van der Waals surface area contributed by atoms with Crippen molar-refractivity contribution in [3.8, 4) is 5.75 Å². The molecule has 0 saturated heterocycles. The second-order valence-corrected chi connectivity index (χ2v) is 4.12. The van der Waals surface area contributed by atoms with Gasteiger partial charge in [-0.05, 0) is 32.4 Å². The van der Waals surface area contributed by atoms with Gasteiger partial charge in [-0.25, -0.2) is 4.39 Å². The Bertz CT molecular complexity index is 366. The molecule has 0 bridgehead atoms. The molecule has 3 nitrogen and oxygen atoms in total. The number of hydrogen-bond acceptors (Lipinski definition) is 3. The molecule has 1 aromatic rings. The maximum Gasteiger partial charge on any atom is 0.165 e. The van der Waals surface area contributed by atoms with Gasteiger partial charge in [0.05, 0.1) is 18.8 Å². The number of rotatable bonds is 4. The third kappa shape index (κ3) is 2.93. The van der Waals surface area contributed by atoms with Crippen LogP contribution in [-0.4, -0.2) is 17.8 Å². The maximum atomic E-state index is 13.7. The Morgan fingerprint density at radius 1 is 1.44 bits per heavy atom. The van der Waals surface area contributed by atoms with Crippen molar-refractivity contribution in [2.75, 3.05) is 6.61 Å². The average molecular weight is 227 g/mol. The summed E-state index contributed by atoms with van der Waals surface area (Å²) in [7, 11) is 0. The second-order valence-electron chi connectivity index (χ2n) is 4.12. The number of nitrogens with two attached hydrogens (primary N) is 1. The molecular weight excluding hydrogens is 209 g/mol. The molecule has 1 atom stereocenters. The first kappa shape index (κ1) is 12.9. The largest absolute Gasteiger partial charge is 0.488 e. The molecule has 3 N–H and O–H groups in total. The number of aryl methyl sites for hydroxylation is 1. The molecule has 16 heavy (non-hydrogen) atoms. The quantitative estimate of drug-likeness (QED) is 0.826. The second kappa shape index (κ2) is 5.27. The molecule has 90 valence electrons. The van der Waals surface area contributed by atoms with Gasteiger partial charge in [0.25, 0.3) is 0 Å². The van der Waals surface area contributed by atoms with Gasteiger partial charge in [-0.15, -0.1) is 0 Å². The fourth-order valence-electron chi connectivity index (χ4n) is 1.49. The van der Waals surface area contributed by atoms with E-state index >= 15 is 0 Å². The monoisotopic (exact) mass is 227 g/mol. The Morgan fingerprint density at radius 2 is 2.06 bits per heavy atom. The molecule has 0 aromatic heterocycles. The maximum absolute atomic E-state index is 13.7. The van der Waals surface area contributed by atoms with Gasteiger partial charge < -0.3 is 15.6 Å². The van der Waals surface area contributed by atoms with Crippen LogP contribution >= 0.6 is 0 Å². The summed E-state index contributed by atoms with van der Waals surface area (Å²) in [6.45, 7) is 5.16. The lowest BCUT2D eigenvalue weighted by molar-refractivity contribution is 0.219. The average Bonchev–Trinajstić information content (AvgIpc) is 2.20. The van der Waals surface area contributed by atoms with E-state index in [4.69, 9.17) is 15.6 Å². The van der Waals surface area contributed by atoms with Gasteiger partial charge in [0.2, 0.25) is 0 Å². The summed E-state index contributed by atoms with van der Waals surface area (Å²) >= 11 is 0. The molecule has 4 heteroatoms. The van der Waals surface area contributed by atoms with Crippen molar-refractivity contribution in [1.82, 2.24) is 0 Å². The number of halogens is 1. The minimum atomic E-state index is -0.622. The van der Waals surface area contributed by atoms with Crippen LogP contribution in [0, 0.1) is 12.7 Å². The van der Waals surface area contributed by atoms with Crippen LogP contribution in [0.15, 0.2) is 12.1 Å². The van der Waals surface area contributed by atoms with E-state index in [0.29, 0.717) is 5.56 Å². The molecule has 0 spiro atoms. The van der Waals surface area contributed by atoms with Gasteiger partial charge in [0.1, 0.15) is 0 Å². The van der Waals surface area contributed by atoms with Crippen LogP contribution in [0.1, 0.15) is 31.0 Å². The summed E-state index contributed by atoms with van der Waals surface area (Å²) in [6, 6.07) is 2.51. The lowest BCUT2D eigenvalue weighted by Crippen LogP contribution is -2.18. The van der Waals surface area contributed by atoms with Gasteiger partial charge >= 0.3 is 0 Å². The molecule has 0 radical (unpaired) electrons. The van der Waals surface area contributed by atoms with Crippen molar-refractivity contribution in [1.29, 1.82) is 0 Å². The molecule has 0 fully saturated rings. The normalized spacial score (nSPS) is 12.9. The third-order valence-electron chi connectivity index (χ3n) is 2.17. The highest BCUT2D eigenvalue weighted by atomic mass is 19.1. The lowest BCUT2D eigenvalue weighted by atomic mass is 10.0. The van der Waals surface area contributed by atoms with E-state index in [0.717, 1.165) is 5.56 Å². The van der Waals surface area contributed by atoms with Crippen LogP contribution in [0.3, 0.4) is 0 Å². The summed E-state index contributed by atoms with van der Waals surface area (Å²) in [5, 5.41) is 9.03. The number of benzene rings is 1. The molecule has 0 aliphatic carbocycles. The zero-order chi connectivity index (χ0) is 12.3. The van der Waals surface area contributed by atoms with E-state index in [-0.39, 0.29) is 18.5 Å². The van der Waals surface area contributed by atoms with E-state index in [1.165, 1.54) is 6.07 Å². The van der Waals surface area contributed by atoms with E-state index in [9.17, 15) is 4.39 Å². The van der Waals surface area contributed by atoms with E-state index < -0.39 is 11.9 Å². The van der Waals surface area contributed by atoms with Crippen molar-refractivity contribution in [3.63, 3.8) is 0 Å². The van der Waals surface area contributed by atoms with Crippen molar-refractivity contribution < 1.29 is 14.2 Å². The van der Waals surface area contributed by atoms with Gasteiger partial charge in [0, 0.05) is 5.56 Å². The van der Waals surface area contributed by atoms with Crippen molar-refractivity contribution in [2.24, 2.45) is 5.73 Å². The number of ether oxygens (including phenoxy) is 1. The summed E-state index contributed by atoms with van der Waals surface area (Å²) in [5.41, 5.74) is 6.98. The van der Waals surface area contributed by atoms with Crippen molar-refractivity contribution in [3.05, 3.63) is 29.1 Å². The van der Waals surface area contributed by atoms with Crippen molar-refractivity contribution >= 4 is 0 Å². The van der Waals surface area contributed by atoms with Gasteiger partial charge in [-0.1, -0.05) is 6.07 Å². The molecule has 0 aliphatic rings. The fraction of sp³-hybridized carbons (Fsp3) is 0.500. The van der Waals surface area contributed by atoms with Crippen LogP contribution < -0.4 is 10.5 Å². The Balaban J connectivity index is 3.20. The first-order valence-corrected chi connectivity index (χ1v) is 5.28. The molecule has 1 unspecified atom stereocenters. The van der Waals surface area contributed by atoms with Crippen LogP contribution in [-0.2, 0) is 0 Å². The number of hydrogen-bond donors (Lipinski definition) is 2. The SMILES string of the molecule is Cc1cc(F)c(OC(C)C)c(C(N)CO)c1. The number of aliphatic hydroxyl groups excluding tert-OH is 1. The lowest BCUT2D eigenvalue weighted by Gasteiger charge is -2.18. The summed E-state index contributed by atoms with van der Waals surface area (Å²) in [6.07, 6.45) is -0.137. The Morgan fingerprint density at radius 3 is 2.56 bits per heavy atom. The Kier molecular flexibility index (Phi) is 4.26. The predicted octanol–water partition coefficient (Wildman–Crippen LogP) is 1.91. The Hall–Kier alpha value is -1.13. The highest BCUT2D eigenvalue weighted by molar-refractivity contribution is 5.40. The smallest absolute Gasteiger partial charge is 0.165 e. The fourth-order valence-corrected chi connectivity index (χ4v) is 1.49. The summed E-state index contributed by atoms with van der Waals surface area (Å²) < 4.78 is 19.1. The third-order valence-corrected chi connectivity index (χ3v) is 2.17. The van der Waals surface area contributed by atoms with E-state index in [1.807, 2.05) is 13.8 Å². The molecule has 1 rings (SSSR count). The summed E-state index contributed by atoms with van der Waals surface area (Å²) in [5.74, 6) is -0.297. The molecule has 1 aromatic carbocycles. The highest BCUT2D eigenvalue weighted by Gasteiger charge is 2.17. The van der Waals surface area contributed by atoms with Gasteiger partial charge in [-0.2, -0.15) is 0 Å². The van der Waals surface area contributed by atoms with Gasteiger partial charge in [-0.3, -0.25) is 0 Å². The topological polar surface area (TPSA) is 55.5 Å². The van der Waals surface area contributed by atoms with Crippen LogP contribution in [0.4, 0.5) is 4.39 Å². The van der Waals surface area contributed by atoms with E-state index in [2.05, 4.69) is 0 Å². The van der Waals surface area contributed by atoms with Crippen molar-refractivity contribution in [2.45, 2.75) is 32.9 Å². The molecule has 0 amide bonds. The zero-order valence-corrected chi connectivity index (χ0v) is 9.83. The number of aliphatic hydroxyl groups is 1. The molecule has 0 saturated carbocycles. The van der Waals surface area contributed by atoms with Gasteiger partial charge in [0.15, 0.2) is 11.6 Å².